The first-order valence-corrected chi connectivity index (χ1v) is 12.4. The van der Waals surface area contributed by atoms with Crippen molar-refractivity contribution < 1.29 is 14.6 Å². The number of aliphatic hydroxyl groups excluding tert-OH is 1. The molecule has 2 aliphatic heterocycles. The average molecular weight is 439 g/mol. The summed E-state index contributed by atoms with van der Waals surface area (Å²) in [5.74, 6) is -0.0217. The second kappa shape index (κ2) is 8.18. The minimum atomic E-state index is -0.523. The molecule has 174 valence electrons. The van der Waals surface area contributed by atoms with Crippen molar-refractivity contribution in [2.75, 3.05) is 31.1 Å². The first kappa shape index (κ1) is 22.0. The summed E-state index contributed by atoms with van der Waals surface area (Å²) in [5, 5.41) is 11.6. The fraction of sp³-hybridized carbons (Fsp3) is 0.667. The van der Waals surface area contributed by atoms with Gasteiger partial charge in [-0.3, -0.25) is 9.69 Å². The Balaban J connectivity index is 1.30. The molecule has 5 rings (SSSR count). The molecule has 1 aromatic carbocycles. The summed E-state index contributed by atoms with van der Waals surface area (Å²) in [5.41, 5.74) is 3.63. The lowest BCUT2D eigenvalue weighted by molar-refractivity contribution is -0.145. The molecule has 2 saturated heterocycles. The highest BCUT2D eigenvalue weighted by atomic mass is 16.6. The van der Waals surface area contributed by atoms with Crippen LogP contribution < -0.4 is 4.90 Å². The third kappa shape index (κ3) is 3.49. The molecule has 1 N–H and O–H groups in total. The van der Waals surface area contributed by atoms with Gasteiger partial charge in [-0.2, -0.15) is 0 Å². The van der Waals surface area contributed by atoms with Crippen LogP contribution >= 0.6 is 0 Å². The first-order chi connectivity index (χ1) is 15.3. The summed E-state index contributed by atoms with van der Waals surface area (Å²) in [6, 6.07) is 9.07. The number of rotatable bonds is 3. The standard InChI is InChI=1S/C27H38N2O3/c1-17-7-5-10-21(13-17)29-12-11-28(15-19(29)3)16-22-24-23(32-26(22)31)14-20-9-6-8-18(2)27(20,4)25(24)30/h5,7,9-10,13,18-19,22-25,30H,6,8,11-12,14-16H2,1-4H3/t18-,19-,22-,23+,24+,25-,27+/m0/s1. The van der Waals surface area contributed by atoms with Crippen molar-refractivity contribution in [1.82, 2.24) is 4.90 Å². The number of aryl methyl sites for hydroxylation is 1. The lowest BCUT2D eigenvalue weighted by Gasteiger charge is -2.52. The van der Waals surface area contributed by atoms with Gasteiger partial charge in [0.2, 0.25) is 0 Å². The van der Waals surface area contributed by atoms with E-state index in [2.05, 4.69) is 67.8 Å². The van der Waals surface area contributed by atoms with Crippen molar-refractivity contribution in [2.45, 2.75) is 65.2 Å². The van der Waals surface area contributed by atoms with E-state index in [0.717, 1.165) is 38.9 Å². The number of allylic oxidation sites excluding steroid dienone is 1. The number of fused-ring (bicyclic) bond motifs is 2. The number of hydrogen-bond acceptors (Lipinski definition) is 5. The normalized spacial score (nSPS) is 39.8. The number of aliphatic hydroxyl groups is 1. The summed E-state index contributed by atoms with van der Waals surface area (Å²) in [4.78, 5) is 17.8. The molecule has 0 bridgehead atoms. The number of benzene rings is 1. The van der Waals surface area contributed by atoms with E-state index in [9.17, 15) is 9.90 Å². The fourth-order valence-electron chi connectivity index (χ4n) is 6.94. The van der Waals surface area contributed by atoms with E-state index in [4.69, 9.17) is 4.74 Å². The molecule has 7 atom stereocenters. The molecule has 0 unspecified atom stereocenters. The number of carbonyl (C=O) groups is 1. The van der Waals surface area contributed by atoms with Gasteiger partial charge in [-0.05, 0) is 50.3 Å². The van der Waals surface area contributed by atoms with Crippen LogP contribution in [0.1, 0.15) is 45.6 Å². The predicted octanol–water partition coefficient (Wildman–Crippen LogP) is 3.79. The van der Waals surface area contributed by atoms with Gasteiger partial charge in [0.15, 0.2) is 0 Å². The number of anilines is 1. The van der Waals surface area contributed by atoms with Gasteiger partial charge in [0.1, 0.15) is 6.10 Å². The highest BCUT2D eigenvalue weighted by Crippen LogP contribution is 2.56. The van der Waals surface area contributed by atoms with Crippen molar-refractivity contribution in [2.24, 2.45) is 23.2 Å². The van der Waals surface area contributed by atoms with Gasteiger partial charge < -0.3 is 14.7 Å². The molecule has 0 amide bonds. The molecule has 1 saturated carbocycles. The Labute approximate surface area is 192 Å². The van der Waals surface area contributed by atoms with Crippen LogP contribution in [-0.4, -0.2) is 60.4 Å². The second-order valence-electron chi connectivity index (χ2n) is 10.9. The highest BCUT2D eigenvalue weighted by Gasteiger charge is 2.59. The number of carbonyl (C=O) groups excluding carboxylic acids is 1. The maximum atomic E-state index is 13.0. The SMILES string of the molecule is Cc1cccc(N2CCN(C[C@@H]3C(=O)O[C@@H]4CC5=CCC[C@H](C)[C@@]5(C)[C@@H](O)[C@H]34)C[C@@H]2C)c1. The molecule has 0 radical (unpaired) electrons. The Kier molecular flexibility index (Phi) is 5.61. The van der Waals surface area contributed by atoms with Gasteiger partial charge in [-0.15, -0.1) is 0 Å². The van der Waals surface area contributed by atoms with E-state index in [-0.39, 0.29) is 29.3 Å². The lowest BCUT2D eigenvalue weighted by atomic mass is 9.55. The Morgan fingerprint density at radius 2 is 2.06 bits per heavy atom. The van der Waals surface area contributed by atoms with Crippen LogP contribution in [0.2, 0.25) is 0 Å². The van der Waals surface area contributed by atoms with Gasteiger partial charge in [-0.1, -0.05) is 37.6 Å². The van der Waals surface area contributed by atoms with Gasteiger partial charge in [0, 0.05) is 55.7 Å². The Bertz CT molecular complexity index is 914. The number of hydrogen-bond donors (Lipinski definition) is 1. The van der Waals surface area contributed by atoms with Gasteiger partial charge in [-0.25, -0.2) is 0 Å². The van der Waals surface area contributed by atoms with Crippen LogP contribution in [0, 0.1) is 30.1 Å². The van der Waals surface area contributed by atoms with E-state index in [1.807, 2.05) is 0 Å². The maximum Gasteiger partial charge on any atom is 0.311 e. The zero-order valence-corrected chi connectivity index (χ0v) is 20.0. The molecule has 3 fully saturated rings. The molecule has 4 aliphatic rings. The number of esters is 1. The molecule has 32 heavy (non-hydrogen) atoms. The molecular weight excluding hydrogens is 400 g/mol. The highest BCUT2D eigenvalue weighted by molar-refractivity contribution is 5.76. The quantitative estimate of drug-likeness (QED) is 0.575. The number of ether oxygens (including phenoxy) is 1. The third-order valence-corrected chi connectivity index (χ3v) is 9.07. The minimum Gasteiger partial charge on any atom is -0.461 e. The van der Waals surface area contributed by atoms with Crippen LogP contribution in [0.15, 0.2) is 35.9 Å². The zero-order chi connectivity index (χ0) is 22.6. The second-order valence-corrected chi connectivity index (χ2v) is 10.9. The molecule has 2 heterocycles. The molecule has 5 nitrogen and oxygen atoms in total. The maximum absolute atomic E-state index is 13.0. The van der Waals surface area contributed by atoms with E-state index in [0.29, 0.717) is 18.5 Å². The van der Waals surface area contributed by atoms with Crippen molar-refractivity contribution in [3.05, 3.63) is 41.5 Å². The van der Waals surface area contributed by atoms with E-state index >= 15 is 0 Å². The third-order valence-electron chi connectivity index (χ3n) is 9.07. The summed E-state index contributed by atoms with van der Waals surface area (Å²) < 4.78 is 5.87. The summed E-state index contributed by atoms with van der Waals surface area (Å²) in [6.45, 7) is 12.4. The van der Waals surface area contributed by atoms with Gasteiger partial charge >= 0.3 is 5.97 Å². The predicted molar refractivity (Wildman–Crippen MR) is 126 cm³/mol. The summed E-state index contributed by atoms with van der Waals surface area (Å²) in [7, 11) is 0. The van der Waals surface area contributed by atoms with E-state index in [1.54, 1.807) is 0 Å². The topological polar surface area (TPSA) is 53.0 Å². The van der Waals surface area contributed by atoms with Crippen LogP contribution in [0.4, 0.5) is 5.69 Å². The average Bonchev–Trinajstić information content (AvgIpc) is 3.05. The van der Waals surface area contributed by atoms with Crippen molar-refractivity contribution >= 4 is 11.7 Å². The van der Waals surface area contributed by atoms with Crippen LogP contribution in [-0.2, 0) is 9.53 Å². The minimum absolute atomic E-state index is 0.102. The molecular formula is C27H38N2O3. The monoisotopic (exact) mass is 438 g/mol. The van der Waals surface area contributed by atoms with Crippen molar-refractivity contribution in [3.8, 4) is 0 Å². The lowest BCUT2D eigenvalue weighted by Crippen LogP contribution is -2.56. The van der Waals surface area contributed by atoms with Crippen LogP contribution in [0.5, 0.6) is 0 Å². The van der Waals surface area contributed by atoms with E-state index in [1.165, 1.54) is 16.8 Å². The fourth-order valence-corrected chi connectivity index (χ4v) is 6.94. The molecule has 0 aromatic heterocycles. The Morgan fingerprint density at radius 3 is 2.81 bits per heavy atom. The van der Waals surface area contributed by atoms with Crippen molar-refractivity contribution in [3.63, 3.8) is 0 Å². The zero-order valence-electron chi connectivity index (χ0n) is 20.0. The Morgan fingerprint density at radius 1 is 1.25 bits per heavy atom. The molecule has 2 aliphatic carbocycles. The molecule has 5 heteroatoms. The molecule has 0 spiro atoms. The number of nitrogens with zero attached hydrogens (tertiary/aromatic N) is 2. The van der Waals surface area contributed by atoms with Crippen LogP contribution in [0.3, 0.4) is 0 Å². The number of piperazine rings is 1. The Hall–Kier alpha value is -1.85. The molecule has 1 aromatic rings. The largest absolute Gasteiger partial charge is 0.461 e. The van der Waals surface area contributed by atoms with Crippen molar-refractivity contribution in [1.29, 1.82) is 0 Å². The smallest absolute Gasteiger partial charge is 0.311 e. The summed E-state index contributed by atoms with van der Waals surface area (Å²) >= 11 is 0. The van der Waals surface area contributed by atoms with Gasteiger partial charge in [0.05, 0.1) is 12.0 Å². The van der Waals surface area contributed by atoms with E-state index < -0.39 is 6.10 Å². The summed E-state index contributed by atoms with van der Waals surface area (Å²) in [6.07, 6.45) is 4.57. The van der Waals surface area contributed by atoms with Gasteiger partial charge in [0.25, 0.3) is 0 Å². The first-order valence-electron chi connectivity index (χ1n) is 12.4. The van der Waals surface area contributed by atoms with Crippen LogP contribution in [0.25, 0.3) is 0 Å².